The Hall–Kier alpha value is -1.03. The van der Waals surface area contributed by atoms with Crippen LogP contribution in [0.15, 0.2) is 40.9 Å². The van der Waals surface area contributed by atoms with Crippen LogP contribution in [-0.2, 0) is 0 Å². The first-order chi connectivity index (χ1) is 8.99. The monoisotopic (exact) mass is 357 g/mol. The molecule has 0 atom stereocenters. The number of carbonyl (C=O) groups is 1. The highest BCUT2D eigenvalue weighted by Gasteiger charge is 2.11. The second-order valence-corrected chi connectivity index (χ2v) is 5.66. The third kappa shape index (κ3) is 3.30. The van der Waals surface area contributed by atoms with Crippen molar-refractivity contribution in [3.8, 4) is 0 Å². The smallest absolute Gasteiger partial charge is 0.255 e. The Morgan fingerprint density at radius 3 is 2.58 bits per heavy atom. The normalized spacial score (nSPS) is 10.3. The summed E-state index contributed by atoms with van der Waals surface area (Å²) >= 11 is 15.3. The van der Waals surface area contributed by atoms with E-state index >= 15 is 0 Å². The maximum Gasteiger partial charge on any atom is 0.255 e. The average molecular weight is 359 g/mol. The zero-order chi connectivity index (χ0) is 14.0. The molecule has 0 saturated heterocycles. The zero-order valence-electron chi connectivity index (χ0n) is 10.0. The lowest BCUT2D eigenvalue weighted by atomic mass is 10.1. The number of hydrogen-bond acceptors (Lipinski definition) is 1. The highest BCUT2D eigenvalue weighted by Crippen LogP contribution is 2.26. The van der Waals surface area contributed by atoms with Gasteiger partial charge < -0.3 is 5.32 Å². The fourth-order valence-corrected chi connectivity index (χ4v) is 2.23. The molecule has 0 radical (unpaired) electrons. The summed E-state index contributed by atoms with van der Waals surface area (Å²) < 4.78 is 0.783. The van der Waals surface area contributed by atoms with E-state index in [1.165, 1.54) is 0 Å². The Morgan fingerprint density at radius 2 is 1.89 bits per heavy atom. The minimum absolute atomic E-state index is 0.210. The molecule has 98 valence electrons. The molecule has 0 fully saturated rings. The molecule has 1 N–H and O–H groups in total. The number of anilines is 1. The van der Waals surface area contributed by atoms with E-state index in [0.717, 1.165) is 10.0 Å². The number of nitrogens with one attached hydrogen (secondary N) is 1. The molecule has 2 aromatic rings. The van der Waals surface area contributed by atoms with Gasteiger partial charge in [-0.25, -0.2) is 0 Å². The van der Waals surface area contributed by atoms with Gasteiger partial charge in [0.15, 0.2) is 0 Å². The van der Waals surface area contributed by atoms with E-state index in [1.54, 1.807) is 36.4 Å². The molecule has 0 aliphatic rings. The first-order valence-electron chi connectivity index (χ1n) is 5.50. The summed E-state index contributed by atoms with van der Waals surface area (Å²) in [4.78, 5) is 12.2. The van der Waals surface area contributed by atoms with Gasteiger partial charge in [-0.1, -0.05) is 29.3 Å². The van der Waals surface area contributed by atoms with Gasteiger partial charge in [0.05, 0.1) is 5.02 Å². The van der Waals surface area contributed by atoms with Crippen LogP contribution in [0, 0.1) is 6.92 Å². The van der Waals surface area contributed by atoms with Crippen molar-refractivity contribution >= 4 is 50.7 Å². The highest BCUT2D eigenvalue weighted by molar-refractivity contribution is 9.10. The fourth-order valence-electron chi connectivity index (χ4n) is 1.63. The Morgan fingerprint density at radius 1 is 1.16 bits per heavy atom. The highest BCUT2D eigenvalue weighted by atomic mass is 79.9. The Labute approximate surface area is 129 Å². The fraction of sp³-hybridized carbons (Fsp3) is 0.0714. The zero-order valence-corrected chi connectivity index (χ0v) is 13.1. The lowest BCUT2D eigenvalue weighted by Crippen LogP contribution is -2.13. The number of amides is 1. The molecule has 0 aromatic heterocycles. The van der Waals surface area contributed by atoms with Crippen molar-refractivity contribution in [3.05, 3.63) is 62.0 Å². The predicted octanol–water partition coefficient (Wildman–Crippen LogP) is 5.32. The van der Waals surface area contributed by atoms with Crippen LogP contribution in [0.5, 0.6) is 0 Å². The number of benzene rings is 2. The van der Waals surface area contributed by atoms with Crippen molar-refractivity contribution < 1.29 is 4.79 Å². The number of hydrogen-bond donors (Lipinski definition) is 1. The maximum absolute atomic E-state index is 12.2. The van der Waals surface area contributed by atoms with Gasteiger partial charge >= 0.3 is 0 Å². The van der Waals surface area contributed by atoms with Crippen LogP contribution in [0.1, 0.15) is 15.9 Å². The van der Waals surface area contributed by atoms with Gasteiger partial charge in [0, 0.05) is 20.7 Å². The largest absolute Gasteiger partial charge is 0.322 e. The quantitative estimate of drug-likeness (QED) is 0.773. The van der Waals surface area contributed by atoms with Gasteiger partial charge in [-0.05, 0) is 58.7 Å². The standard InChI is InChI=1S/C14H10BrCl2NO/c1-8-10(3-2-4-12(8)16)14(19)18-9-5-6-11(15)13(17)7-9/h2-7H,1H3,(H,18,19). The lowest BCUT2D eigenvalue weighted by molar-refractivity contribution is 0.102. The number of rotatable bonds is 2. The van der Waals surface area contributed by atoms with Crippen molar-refractivity contribution in [3.63, 3.8) is 0 Å². The summed E-state index contributed by atoms with van der Waals surface area (Å²) in [5.41, 5.74) is 1.94. The third-order valence-electron chi connectivity index (χ3n) is 2.69. The molecule has 2 rings (SSSR count). The van der Waals surface area contributed by atoms with Crippen LogP contribution >= 0.6 is 39.1 Å². The average Bonchev–Trinajstić information content (AvgIpc) is 2.37. The molecule has 1 amide bonds. The predicted molar refractivity (Wildman–Crippen MR) is 83.3 cm³/mol. The molecule has 0 saturated carbocycles. The van der Waals surface area contributed by atoms with Crippen molar-refractivity contribution in [2.75, 3.05) is 5.32 Å². The van der Waals surface area contributed by atoms with Crippen molar-refractivity contribution in [1.82, 2.24) is 0 Å². The van der Waals surface area contributed by atoms with Crippen LogP contribution in [0.3, 0.4) is 0 Å². The third-order valence-corrected chi connectivity index (χ3v) is 4.33. The molecular weight excluding hydrogens is 349 g/mol. The Kier molecular flexibility index (Phi) is 4.50. The summed E-state index contributed by atoms with van der Waals surface area (Å²) in [5, 5.41) is 3.90. The van der Waals surface area contributed by atoms with Gasteiger partial charge in [0.2, 0.25) is 0 Å². The van der Waals surface area contributed by atoms with Gasteiger partial charge in [-0.3, -0.25) is 4.79 Å². The molecule has 2 aromatic carbocycles. The summed E-state index contributed by atoms with van der Waals surface area (Å²) in [5.74, 6) is -0.210. The van der Waals surface area contributed by atoms with Crippen molar-refractivity contribution in [1.29, 1.82) is 0 Å². The van der Waals surface area contributed by atoms with Crippen molar-refractivity contribution in [2.45, 2.75) is 6.92 Å². The van der Waals surface area contributed by atoms with Crippen LogP contribution in [0.25, 0.3) is 0 Å². The van der Waals surface area contributed by atoms with E-state index in [-0.39, 0.29) is 5.91 Å². The van der Waals surface area contributed by atoms with E-state index in [1.807, 2.05) is 6.92 Å². The van der Waals surface area contributed by atoms with E-state index in [9.17, 15) is 4.79 Å². The summed E-state index contributed by atoms with van der Waals surface area (Å²) in [6, 6.07) is 10.5. The minimum atomic E-state index is -0.210. The first kappa shape index (κ1) is 14.4. The summed E-state index contributed by atoms with van der Waals surface area (Å²) in [6.45, 7) is 1.81. The van der Waals surface area contributed by atoms with Crippen LogP contribution in [0.2, 0.25) is 10.0 Å². The summed E-state index contributed by atoms with van der Waals surface area (Å²) in [7, 11) is 0. The topological polar surface area (TPSA) is 29.1 Å². The van der Waals surface area contributed by atoms with Gasteiger partial charge in [-0.15, -0.1) is 0 Å². The molecule has 0 heterocycles. The van der Waals surface area contributed by atoms with Crippen molar-refractivity contribution in [2.24, 2.45) is 0 Å². The van der Waals surface area contributed by atoms with Gasteiger partial charge in [0.25, 0.3) is 5.91 Å². The first-order valence-corrected chi connectivity index (χ1v) is 7.05. The second-order valence-electron chi connectivity index (χ2n) is 4.00. The molecule has 5 heteroatoms. The van der Waals surface area contributed by atoms with E-state index in [4.69, 9.17) is 23.2 Å². The molecule has 19 heavy (non-hydrogen) atoms. The van der Waals surface area contributed by atoms with Crippen LogP contribution in [-0.4, -0.2) is 5.91 Å². The number of carbonyl (C=O) groups excluding carboxylic acids is 1. The molecule has 0 bridgehead atoms. The molecule has 0 aliphatic carbocycles. The molecule has 0 spiro atoms. The summed E-state index contributed by atoms with van der Waals surface area (Å²) in [6.07, 6.45) is 0. The Bertz CT molecular complexity index is 643. The number of halogens is 3. The van der Waals surface area contributed by atoms with Crippen LogP contribution < -0.4 is 5.32 Å². The molecule has 0 unspecified atom stereocenters. The van der Waals surface area contributed by atoms with Crippen LogP contribution in [0.4, 0.5) is 5.69 Å². The van der Waals surface area contributed by atoms with Gasteiger partial charge in [-0.2, -0.15) is 0 Å². The maximum atomic E-state index is 12.2. The molecule has 2 nitrogen and oxygen atoms in total. The molecular formula is C14H10BrCl2NO. The lowest BCUT2D eigenvalue weighted by Gasteiger charge is -2.09. The molecule has 0 aliphatic heterocycles. The second kappa shape index (κ2) is 5.95. The van der Waals surface area contributed by atoms with E-state index < -0.39 is 0 Å². The van der Waals surface area contributed by atoms with Gasteiger partial charge in [0.1, 0.15) is 0 Å². The minimum Gasteiger partial charge on any atom is -0.322 e. The SMILES string of the molecule is Cc1c(Cl)cccc1C(=O)Nc1ccc(Br)c(Cl)c1. The van der Waals surface area contributed by atoms with E-state index in [2.05, 4.69) is 21.2 Å². The Balaban J connectivity index is 2.26. The van der Waals surface area contributed by atoms with E-state index in [0.29, 0.717) is 21.3 Å².